The summed E-state index contributed by atoms with van der Waals surface area (Å²) in [6.45, 7) is 13.4. The van der Waals surface area contributed by atoms with Crippen LogP contribution in [0.15, 0.2) is 79.0 Å². The molecule has 0 atom stereocenters. The minimum Gasteiger partial charge on any atom is -0.243 e. The molecule has 0 saturated heterocycles. The monoisotopic (exact) mass is 433 g/mol. The van der Waals surface area contributed by atoms with Gasteiger partial charge in [-0.3, -0.25) is 0 Å². The Hall–Kier alpha value is -3.59. The molecular formula is C30H31N3+2. The number of pyridine rings is 1. The van der Waals surface area contributed by atoms with E-state index in [1.54, 1.807) is 0 Å². The van der Waals surface area contributed by atoms with E-state index in [2.05, 4.69) is 122 Å². The highest BCUT2D eigenvalue weighted by Crippen LogP contribution is 2.29. The highest BCUT2D eigenvalue weighted by atomic mass is 15.0. The van der Waals surface area contributed by atoms with Gasteiger partial charge in [-0.1, -0.05) is 45.0 Å². The van der Waals surface area contributed by atoms with Crippen LogP contribution in [0.3, 0.4) is 0 Å². The van der Waals surface area contributed by atoms with Crippen LogP contribution in [-0.2, 0) is 5.41 Å². The summed E-state index contributed by atoms with van der Waals surface area (Å²) >= 11 is 0. The summed E-state index contributed by atoms with van der Waals surface area (Å²) in [6.07, 6.45) is 1.97. The van der Waals surface area contributed by atoms with Crippen molar-refractivity contribution in [3.63, 3.8) is 0 Å². The first-order valence-corrected chi connectivity index (χ1v) is 11.6. The van der Waals surface area contributed by atoms with Crippen LogP contribution in [0.25, 0.3) is 33.3 Å². The van der Waals surface area contributed by atoms with Crippen LogP contribution >= 0.6 is 0 Å². The maximum absolute atomic E-state index is 4.68. The van der Waals surface area contributed by atoms with Gasteiger partial charge in [-0.2, -0.15) is 9.13 Å². The third kappa shape index (κ3) is 3.58. The number of hydrogen-bond acceptors (Lipinski definition) is 1. The van der Waals surface area contributed by atoms with Crippen molar-refractivity contribution in [2.24, 2.45) is 0 Å². The topological polar surface area (TPSA) is 20.6 Å². The van der Waals surface area contributed by atoms with Gasteiger partial charge in [0.15, 0.2) is 5.69 Å². The second-order valence-electron chi connectivity index (χ2n) is 9.98. The summed E-state index contributed by atoms with van der Waals surface area (Å²) in [5.41, 5.74) is 10.7. The lowest BCUT2D eigenvalue weighted by atomic mass is 9.85. The van der Waals surface area contributed by atoms with E-state index in [0.29, 0.717) is 0 Å². The molecule has 0 bridgehead atoms. The van der Waals surface area contributed by atoms with Gasteiger partial charge >= 0.3 is 0 Å². The molecule has 0 N–H and O–H groups in total. The molecular weight excluding hydrogens is 402 g/mol. The average molecular weight is 434 g/mol. The van der Waals surface area contributed by atoms with Gasteiger partial charge in [0.25, 0.3) is 0 Å². The molecule has 5 aromatic rings. The van der Waals surface area contributed by atoms with Crippen molar-refractivity contribution in [3.05, 3.63) is 102 Å². The Morgan fingerprint density at radius 1 is 0.667 bits per heavy atom. The van der Waals surface area contributed by atoms with E-state index in [1.807, 2.05) is 12.3 Å². The number of para-hydroxylation sites is 3. The number of aryl methyl sites for hydroxylation is 2. The predicted octanol–water partition coefficient (Wildman–Crippen LogP) is 6.16. The van der Waals surface area contributed by atoms with Gasteiger partial charge in [-0.15, -0.1) is 0 Å². The van der Waals surface area contributed by atoms with E-state index < -0.39 is 0 Å². The van der Waals surface area contributed by atoms with Gasteiger partial charge in [-0.05, 0) is 36.1 Å². The summed E-state index contributed by atoms with van der Waals surface area (Å²) < 4.78 is 4.76. The number of benzene rings is 3. The highest BCUT2D eigenvalue weighted by molar-refractivity contribution is 5.76. The van der Waals surface area contributed by atoms with E-state index >= 15 is 0 Å². The molecule has 0 unspecified atom stereocenters. The van der Waals surface area contributed by atoms with Crippen molar-refractivity contribution in [1.29, 1.82) is 0 Å². The Labute approximate surface area is 196 Å². The van der Waals surface area contributed by atoms with Crippen molar-refractivity contribution in [2.45, 2.75) is 47.0 Å². The number of fused-ring (bicyclic) bond motifs is 2. The molecule has 164 valence electrons. The average Bonchev–Trinajstić information content (AvgIpc) is 2.79. The molecule has 0 radical (unpaired) electrons. The van der Waals surface area contributed by atoms with E-state index in [9.17, 15) is 0 Å². The van der Waals surface area contributed by atoms with E-state index in [1.165, 1.54) is 39.1 Å². The summed E-state index contributed by atoms with van der Waals surface area (Å²) in [5.74, 6) is 0. The van der Waals surface area contributed by atoms with Crippen molar-refractivity contribution in [3.8, 4) is 11.4 Å². The van der Waals surface area contributed by atoms with E-state index in [0.717, 1.165) is 16.7 Å². The second-order valence-corrected chi connectivity index (χ2v) is 9.98. The molecule has 0 aliphatic carbocycles. The molecule has 0 amide bonds. The quantitative estimate of drug-likeness (QED) is 0.305. The van der Waals surface area contributed by atoms with Crippen LogP contribution in [0.5, 0.6) is 0 Å². The zero-order valence-electron chi connectivity index (χ0n) is 20.3. The second kappa shape index (κ2) is 7.77. The number of hydrogen-bond donors (Lipinski definition) is 0. The minimum atomic E-state index is 0.00749. The Bertz CT molecular complexity index is 1420. The molecule has 0 spiro atoms. The van der Waals surface area contributed by atoms with Gasteiger partial charge in [0.1, 0.15) is 5.52 Å². The molecule has 2 heterocycles. The standard InChI is InChI=1S/C30H31N3/c1-20-15-16-23-11-7-9-13-26(23)32(20)28-17-24(30(4,5)6)18-29(22(28)3)33-21(2)19-31-25-12-8-10-14-27(25)33/h7-19H,1-6H3/q+2. The number of nitrogens with zero attached hydrogens (tertiary/aromatic N) is 3. The van der Waals surface area contributed by atoms with Crippen LogP contribution in [0, 0.1) is 20.8 Å². The van der Waals surface area contributed by atoms with Crippen LogP contribution in [0.1, 0.15) is 43.3 Å². The third-order valence-electron chi connectivity index (χ3n) is 6.60. The van der Waals surface area contributed by atoms with Gasteiger partial charge in [0.2, 0.25) is 28.1 Å². The minimum absolute atomic E-state index is 0.00749. The molecule has 3 heteroatoms. The zero-order valence-corrected chi connectivity index (χ0v) is 20.3. The van der Waals surface area contributed by atoms with Crippen molar-refractivity contribution < 1.29 is 9.13 Å². The summed E-state index contributed by atoms with van der Waals surface area (Å²) in [7, 11) is 0. The molecule has 5 rings (SSSR count). The van der Waals surface area contributed by atoms with Crippen LogP contribution < -0.4 is 9.13 Å². The Balaban J connectivity index is 1.93. The SMILES string of the molecule is Cc1c(-[n+]2c(C)ccc3ccccc32)cc(C(C)(C)C)cc1-[n+]1c(C)cnc2ccccc21. The van der Waals surface area contributed by atoms with Crippen molar-refractivity contribution in [2.75, 3.05) is 0 Å². The van der Waals surface area contributed by atoms with Gasteiger partial charge < -0.3 is 0 Å². The smallest absolute Gasteiger partial charge is 0.237 e. The van der Waals surface area contributed by atoms with E-state index in [4.69, 9.17) is 0 Å². The summed E-state index contributed by atoms with van der Waals surface area (Å²) in [4.78, 5) is 4.68. The maximum Gasteiger partial charge on any atom is 0.237 e. The molecule has 0 aliphatic rings. The first-order chi connectivity index (χ1) is 15.8. The first kappa shape index (κ1) is 21.3. The fourth-order valence-corrected chi connectivity index (χ4v) is 4.70. The van der Waals surface area contributed by atoms with Crippen LogP contribution in [-0.4, -0.2) is 4.98 Å². The predicted molar refractivity (Wildman–Crippen MR) is 135 cm³/mol. The molecule has 0 aliphatic heterocycles. The largest absolute Gasteiger partial charge is 0.243 e. The van der Waals surface area contributed by atoms with Crippen molar-refractivity contribution in [1.82, 2.24) is 4.98 Å². The van der Waals surface area contributed by atoms with Crippen LogP contribution in [0.4, 0.5) is 0 Å². The number of rotatable bonds is 2. The normalized spacial score (nSPS) is 11.9. The van der Waals surface area contributed by atoms with Gasteiger partial charge in [0.05, 0.1) is 11.8 Å². The molecule has 0 fully saturated rings. The molecule has 3 aromatic carbocycles. The van der Waals surface area contributed by atoms with Gasteiger partial charge in [0, 0.05) is 49.6 Å². The Morgan fingerprint density at radius 3 is 1.97 bits per heavy atom. The first-order valence-electron chi connectivity index (χ1n) is 11.6. The third-order valence-corrected chi connectivity index (χ3v) is 6.60. The highest BCUT2D eigenvalue weighted by Gasteiger charge is 2.30. The van der Waals surface area contributed by atoms with Crippen LogP contribution in [0.2, 0.25) is 0 Å². The lowest BCUT2D eigenvalue weighted by Gasteiger charge is -2.21. The van der Waals surface area contributed by atoms with Gasteiger partial charge in [-0.25, -0.2) is 4.98 Å². The summed E-state index contributed by atoms with van der Waals surface area (Å²) in [6, 6.07) is 26.2. The van der Waals surface area contributed by atoms with Crippen molar-refractivity contribution >= 4 is 21.9 Å². The lowest BCUT2D eigenvalue weighted by molar-refractivity contribution is -0.584. The Morgan fingerprint density at radius 2 is 1.27 bits per heavy atom. The lowest BCUT2D eigenvalue weighted by Crippen LogP contribution is -2.41. The summed E-state index contributed by atoms with van der Waals surface area (Å²) in [5, 5.41) is 1.24. The zero-order chi connectivity index (χ0) is 23.3. The Kier molecular flexibility index (Phi) is 5.01. The fourth-order valence-electron chi connectivity index (χ4n) is 4.70. The number of aromatic nitrogens is 3. The molecule has 0 saturated carbocycles. The molecule has 33 heavy (non-hydrogen) atoms. The molecule has 3 nitrogen and oxygen atoms in total. The van der Waals surface area contributed by atoms with E-state index in [-0.39, 0.29) is 5.41 Å². The molecule has 2 aromatic heterocycles. The fraction of sp³-hybridized carbons (Fsp3) is 0.233. The maximum atomic E-state index is 4.68.